The molecule has 0 unspecified atom stereocenters. The molecule has 0 radical (unpaired) electrons. The van der Waals surface area contributed by atoms with Crippen molar-refractivity contribution in [2.24, 2.45) is 0 Å². The van der Waals surface area contributed by atoms with E-state index in [9.17, 15) is 8.42 Å². The first-order chi connectivity index (χ1) is 11.9. The third-order valence-electron chi connectivity index (χ3n) is 3.60. The van der Waals surface area contributed by atoms with Crippen LogP contribution in [0.5, 0.6) is 0 Å². The Labute approximate surface area is 156 Å². The molecule has 1 aromatic heterocycles. The Hall–Kier alpha value is -1.86. The predicted molar refractivity (Wildman–Crippen MR) is 99.5 cm³/mol. The molecule has 2 aromatic carbocycles. The van der Waals surface area contributed by atoms with Crippen LogP contribution in [-0.2, 0) is 22.3 Å². The lowest BCUT2D eigenvalue weighted by Gasteiger charge is -2.09. The van der Waals surface area contributed by atoms with Crippen LogP contribution in [0.4, 0.5) is 0 Å². The maximum Gasteiger partial charge on any atom is 0.216 e. The highest BCUT2D eigenvalue weighted by Gasteiger charge is 2.14. The Morgan fingerprint density at radius 2 is 1.84 bits per heavy atom. The molecule has 3 rings (SSSR count). The van der Waals surface area contributed by atoms with Crippen LogP contribution < -0.4 is 4.72 Å². The number of rotatable bonds is 6. The van der Waals surface area contributed by atoms with Crippen molar-refractivity contribution >= 4 is 33.2 Å². The number of benzene rings is 2. The normalized spacial score (nSPS) is 11.6. The number of halogens is 2. The molecule has 3 aromatic rings. The van der Waals surface area contributed by atoms with Gasteiger partial charge in [0.2, 0.25) is 10.0 Å². The van der Waals surface area contributed by atoms with Gasteiger partial charge in [0.15, 0.2) is 0 Å². The van der Waals surface area contributed by atoms with E-state index in [1.807, 2.05) is 35.0 Å². The first-order valence-corrected chi connectivity index (χ1v) is 9.82. The summed E-state index contributed by atoms with van der Waals surface area (Å²) in [6.45, 7) is 0.206. The molecule has 0 bridgehead atoms. The number of aromatic nitrogens is 2. The Kier molecular flexibility index (Phi) is 5.44. The molecule has 25 heavy (non-hydrogen) atoms. The first kappa shape index (κ1) is 17.9. The zero-order valence-electron chi connectivity index (χ0n) is 13.1. The zero-order valence-corrected chi connectivity index (χ0v) is 15.4. The van der Waals surface area contributed by atoms with E-state index in [0.29, 0.717) is 15.6 Å². The minimum atomic E-state index is -3.51. The number of hydrogen-bond donors (Lipinski definition) is 1. The molecule has 0 aliphatic carbocycles. The number of sulfonamides is 1. The molecular formula is C17H15Cl2N3O2S. The van der Waals surface area contributed by atoms with Gasteiger partial charge in [-0.3, -0.25) is 0 Å². The highest BCUT2D eigenvalue weighted by molar-refractivity contribution is 7.88. The third-order valence-corrected chi connectivity index (χ3v) is 5.46. The van der Waals surface area contributed by atoms with E-state index in [0.717, 1.165) is 11.3 Å². The Morgan fingerprint density at radius 1 is 1.08 bits per heavy atom. The van der Waals surface area contributed by atoms with Gasteiger partial charge < -0.3 is 4.57 Å². The van der Waals surface area contributed by atoms with Gasteiger partial charge in [-0.1, -0.05) is 41.4 Å². The molecular weight excluding hydrogens is 381 g/mol. The molecule has 0 spiro atoms. The van der Waals surface area contributed by atoms with Gasteiger partial charge in [0.05, 0.1) is 12.1 Å². The van der Waals surface area contributed by atoms with Crippen LogP contribution in [0.25, 0.3) is 5.69 Å². The number of hydrogen-bond acceptors (Lipinski definition) is 3. The highest BCUT2D eigenvalue weighted by atomic mass is 35.5. The Balaban J connectivity index is 1.64. The van der Waals surface area contributed by atoms with Gasteiger partial charge in [-0.2, -0.15) is 0 Å². The van der Waals surface area contributed by atoms with Crippen LogP contribution in [0.2, 0.25) is 10.0 Å². The summed E-state index contributed by atoms with van der Waals surface area (Å²) in [5.41, 5.74) is 2.32. The summed E-state index contributed by atoms with van der Waals surface area (Å²) in [5.74, 6) is -0.198. The largest absolute Gasteiger partial charge is 0.306 e. The van der Waals surface area contributed by atoms with Gasteiger partial charge >= 0.3 is 0 Å². The van der Waals surface area contributed by atoms with Crippen LogP contribution in [0.3, 0.4) is 0 Å². The average molecular weight is 396 g/mol. The average Bonchev–Trinajstić information content (AvgIpc) is 3.11. The van der Waals surface area contributed by atoms with E-state index in [2.05, 4.69) is 9.71 Å². The second kappa shape index (κ2) is 7.58. The van der Waals surface area contributed by atoms with Crippen LogP contribution in [-0.4, -0.2) is 18.0 Å². The molecule has 130 valence electrons. The number of nitrogens with one attached hydrogen (secondary N) is 1. The van der Waals surface area contributed by atoms with E-state index >= 15 is 0 Å². The molecule has 8 heteroatoms. The fourth-order valence-corrected chi connectivity index (χ4v) is 3.99. The summed E-state index contributed by atoms with van der Waals surface area (Å²) in [6.07, 6.45) is 5.24. The molecule has 0 aliphatic heterocycles. The summed E-state index contributed by atoms with van der Waals surface area (Å²) in [4.78, 5) is 3.99. The molecule has 0 saturated carbocycles. The van der Waals surface area contributed by atoms with Gasteiger partial charge in [-0.05, 0) is 35.4 Å². The van der Waals surface area contributed by atoms with Crippen molar-refractivity contribution in [1.29, 1.82) is 0 Å². The third kappa shape index (κ3) is 4.83. The molecule has 1 N–H and O–H groups in total. The van der Waals surface area contributed by atoms with Crippen molar-refractivity contribution in [2.75, 3.05) is 0 Å². The quantitative estimate of drug-likeness (QED) is 0.690. The van der Waals surface area contributed by atoms with Crippen molar-refractivity contribution in [3.8, 4) is 5.69 Å². The van der Waals surface area contributed by atoms with Crippen molar-refractivity contribution in [3.63, 3.8) is 0 Å². The van der Waals surface area contributed by atoms with Gasteiger partial charge in [0, 0.05) is 34.7 Å². The Bertz CT molecular complexity index is 956. The van der Waals surface area contributed by atoms with E-state index in [4.69, 9.17) is 23.2 Å². The van der Waals surface area contributed by atoms with Crippen LogP contribution in [0.15, 0.2) is 61.2 Å². The Morgan fingerprint density at radius 3 is 2.48 bits per heavy atom. The summed E-state index contributed by atoms with van der Waals surface area (Å²) in [7, 11) is -3.51. The van der Waals surface area contributed by atoms with Gasteiger partial charge in [0.25, 0.3) is 0 Å². The molecule has 0 atom stereocenters. The first-order valence-electron chi connectivity index (χ1n) is 7.41. The van der Waals surface area contributed by atoms with Crippen molar-refractivity contribution < 1.29 is 8.42 Å². The van der Waals surface area contributed by atoms with Crippen LogP contribution in [0, 0.1) is 0 Å². The maximum absolute atomic E-state index is 12.2. The minimum Gasteiger partial charge on any atom is -0.306 e. The van der Waals surface area contributed by atoms with Gasteiger partial charge in [0.1, 0.15) is 0 Å². The summed E-state index contributed by atoms with van der Waals surface area (Å²) >= 11 is 11.9. The molecule has 0 saturated heterocycles. The van der Waals surface area contributed by atoms with Crippen LogP contribution in [0.1, 0.15) is 11.1 Å². The lowest BCUT2D eigenvalue weighted by molar-refractivity contribution is 0.580. The fraction of sp³-hybridized carbons (Fsp3) is 0.118. The molecule has 0 fully saturated rings. The SMILES string of the molecule is O=S(=O)(Cc1ccc(Cl)cc1Cl)NCc1ccc(-n2ccnc2)cc1. The topological polar surface area (TPSA) is 64.0 Å². The smallest absolute Gasteiger partial charge is 0.216 e. The van der Waals surface area contributed by atoms with Crippen molar-refractivity contribution in [1.82, 2.24) is 14.3 Å². The highest BCUT2D eigenvalue weighted by Crippen LogP contribution is 2.22. The molecule has 5 nitrogen and oxygen atoms in total. The monoisotopic (exact) mass is 395 g/mol. The summed E-state index contributed by atoms with van der Waals surface area (Å²) in [5, 5.41) is 0.805. The maximum atomic E-state index is 12.2. The van der Waals surface area contributed by atoms with Gasteiger partial charge in [-0.25, -0.2) is 18.1 Å². The van der Waals surface area contributed by atoms with E-state index in [1.54, 1.807) is 24.7 Å². The standard InChI is InChI=1S/C17H15Cl2N3O2S/c18-15-4-3-14(17(19)9-15)11-25(23,24)21-10-13-1-5-16(6-2-13)22-8-7-20-12-22/h1-9,12,21H,10-11H2. The van der Waals surface area contributed by atoms with E-state index in [-0.39, 0.29) is 12.3 Å². The summed E-state index contributed by atoms with van der Waals surface area (Å²) in [6, 6.07) is 12.3. The molecule has 1 heterocycles. The summed E-state index contributed by atoms with van der Waals surface area (Å²) < 4.78 is 29.0. The number of imidazole rings is 1. The van der Waals surface area contributed by atoms with Crippen molar-refractivity contribution in [2.45, 2.75) is 12.3 Å². The fourth-order valence-electron chi connectivity index (χ4n) is 2.29. The molecule has 0 aliphatic rings. The lowest BCUT2D eigenvalue weighted by Crippen LogP contribution is -2.24. The minimum absolute atomic E-state index is 0.198. The van der Waals surface area contributed by atoms with E-state index in [1.165, 1.54) is 6.07 Å². The van der Waals surface area contributed by atoms with E-state index < -0.39 is 10.0 Å². The van der Waals surface area contributed by atoms with Crippen LogP contribution >= 0.6 is 23.2 Å². The molecule has 0 amide bonds. The zero-order chi connectivity index (χ0) is 17.9. The second-order valence-electron chi connectivity index (χ2n) is 5.45. The van der Waals surface area contributed by atoms with Crippen molar-refractivity contribution in [3.05, 3.63) is 82.4 Å². The lowest BCUT2D eigenvalue weighted by atomic mass is 10.2. The van der Waals surface area contributed by atoms with Gasteiger partial charge in [-0.15, -0.1) is 0 Å². The number of nitrogens with zero attached hydrogens (tertiary/aromatic N) is 2. The second-order valence-corrected chi connectivity index (χ2v) is 8.10. The predicted octanol–water partition coefficient (Wildman–Crippen LogP) is 3.80.